The summed E-state index contributed by atoms with van der Waals surface area (Å²) in [6.45, 7) is 0. The van der Waals surface area contributed by atoms with Crippen LogP contribution < -0.4 is 0 Å². The zero-order valence-electron chi connectivity index (χ0n) is 2.36. The first kappa shape index (κ1) is 27.2. The molecule has 0 heterocycles. The average molecular weight is 349 g/mol. The summed E-state index contributed by atoms with van der Waals surface area (Å²) in [5.41, 5.74) is 0. The van der Waals surface area contributed by atoms with Gasteiger partial charge in [0, 0.05) is 26.2 Å². The van der Waals surface area contributed by atoms with Gasteiger partial charge < -0.3 is 0 Å². The maximum atomic E-state index is 8.36. The molecule has 1 nitrogen and oxygen atoms in total. The zero-order valence-corrected chi connectivity index (χ0v) is 10.0. The van der Waals surface area contributed by atoms with Crippen LogP contribution in [0.3, 0.4) is 0 Å². The summed E-state index contributed by atoms with van der Waals surface area (Å²) in [6.07, 6.45) is 0. The summed E-state index contributed by atoms with van der Waals surface area (Å²) in [5, 5.41) is 0. The first-order valence-electron chi connectivity index (χ1n) is 0.183. The van der Waals surface area contributed by atoms with E-state index >= 15 is 0 Å². The van der Waals surface area contributed by atoms with Gasteiger partial charge in [-0.3, -0.25) is 0 Å². The number of hydrogen-bond acceptors (Lipinski definition) is 1. The predicted octanol–water partition coefficient (Wildman–Crippen LogP) is -2.49. The van der Waals surface area contributed by atoms with Crippen molar-refractivity contribution in [3.63, 3.8) is 0 Å². The second-order valence-electron chi connectivity index (χ2n) is 0. The average Bonchev–Trinajstić information content (AvgIpc) is 1.00. The molecule has 0 unspecified atom stereocenters. The Morgan fingerprint density at radius 1 is 1.20 bits per heavy atom. The van der Waals surface area contributed by atoms with Crippen molar-refractivity contribution in [2.24, 2.45) is 0 Å². The van der Waals surface area contributed by atoms with Crippen molar-refractivity contribution < 1.29 is 50.5 Å². The normalized spacial score (nSPS) is 0.600. The molecule has 0 aliphatic rings. The fourth-order valence-electron chi connectivity index (χ4n) is 0. The van der Waals surface area contributed by atoms with Gasteiger partial charge in [0.2, 0.25) is 0 Å². The molecule has 0 fully saturated rings. The molecule has 0 bridgehead atoms. The molecule has 28 valence electrons. The molecule has 0 spiro atoms. The van der Waals surface area contributed by atoms with E-state index in [9.17, 15) is 0 Å². The number of hydrogen-bond donors (Lipinski definition) is 0. The molecule has 0 saturated carbocycles. The molecular weight excluding hydrogens is 343 g/mol. The van der Waals surface area contributed by atoms with E-state index in [2.05, 4.69) is 0 Å². The standard InChI is InChI=1S/Al.O.H3Si.Ta.Zr.3H/h;;1H3;;;;;. The summed E-state index contributed by atoms with van der Waals surface area (Å²) in [4.78, 5) is 0. The van der Waals surface area contributed by atoms with Gasteiger partial charge in [-0.1, -0.05) is 0 Å². The topological polar surface area (TPSA) is 17.1 Å². The minimum atomic E-state index is 0. The van der Waals surface area contributed by atoms with Gasteiger partial charge in [-0.15, -0.1) is 0 Å². The van der Waals surface area contributed by atoms with Crippen molar-refractivity contribution in [3.05, 3.63) is 0 Å². The van der Waals surface area contributed by atoms with Crippen molar-refractivity contribution in [3.8, 4) is 0 Å². The van der Waals surface area contributed by atoms with Crippen LogP contribution in [-0.2, 0) is 50.5 Å². The van der Waals surface area contributed by atoms with Crippen molar-refractivity contribution in [2.75, 3.05) is 0 Å². The summed E-state index contributed by atoms with van der Waals surface area (Å²) < 4.78 is 8.36. The smallest absolute Gasteiger partial charge is 0 e. The molecule has 5 heteroatoms. The Morgan fingerprint density at radius 2 is 1.20 bits per heavy atom. The Hall–Kier alpha value is 2.17. The van der Waals surface area contributed by atoms with E-state index in [0.717, 1.165) is 0 Å². The minimum absolute atomic E-state index is 0. The maximum Gasteiger partial charge on any atom is 0 e. The molecule has 0 aromatic carbocycles. The van der Waals surface area contributed by atoms with E-state index < -0.39 is 0 Å². The minimum Gasteiger partial charge on any atom is -0.0125 e. The molecule has 5 heavy (non-hydrogen) atoms. The van der Waals surface area contributed by atoms with E-state index in [1.54, 1.807) is 0 Å². The SMILES string of the molecule is [AlH3].[O]=[Ta].[SiH3].[Zr]. The third-order valence-electron chi connectivity index (χ3n) is 0. The van der Waals surface area contributed by atoms with E-state index in [0.29, 0.717) is 0 Å². The van der Waals surface area contributed by atoms with Crippen LogP contribution in [0.4, 0.5) is 0 Å². The van der Waals surface area contributed by atoms with Crippen molar-refractivity contribution in [2.45, 2.75) is 0 Å². The van der Waals surface area contributed by atoms with Crippen LogP contribution in [0.2, 0.25) is 0 Å². The summed E-state index contributed by atoms with van der Waals surface area (Å²) in [5.74, 6) is 0. The van der Waals surface area contributed by atoms with Crippen LogP contribution in [0.5, 0.6) is 0 Å². The van der Waals surface area contributed by atoms with Gasteiger partial charge in [-0.2, -0.15) is 0 Å². The Labute approximate surface area is 77.8 Å². The Bertz CT molecular complexity index is 11.6. The molecule has 0 atom stereocenters. The van der Waals surface area contributed by atoms with Crippen molar-refractivity contribution >= 4 is 28.3 Å². The Morgan fingerprint density at radius 3 is 1.20 bits per heavy atom. The summed E-state index contributed by atoms with van der Waals surface area (Å²) in [7, 11) is 0. The third kappa shape index (κ3) is 22.8. The predicted molar refractivity (Wildman–Crippen MR) is 20.6 cm³/mol. The van der Waals surface area contributed by atoms with Crippen LogP contribution in [0.15, 0.2) is 0 Å². The molecule has 0 aliphatic heterocycles. The van der Waals surface area contributed by atoms with Gasteiger partial charge in [0.25, 0.3) is 0 Å². The van der Waals surface area contributed by atoms with Gasteiger partial charge in [-0.05, 0) is 11.0 Å². The van der Waals surface area contributed by atoms with Gasteiger partial charge in [0.05, 0.1) is 0 Å². The van der Waals surface area contributed by atoms with Crippen molar-refractivity contribution in [1.82, 2.24) is 0 Å². The van der Waals surface area contributed by atoms with E-state index in [1.807, 2.05) is 0 Å². The van der Waals surface area contributed by atoms with Crippen LogP contribution in [0.1, 0.15) is 0 Å². The fraction of sp³-hybridized carbons (Fsp3) is 0. The van der Waals surface area contributed by atoms with Gasteiger partial charge in [0.1, 0.15) is 0 Å². The van der Waals surface area contributed by atoms with Crippen LogP contribution in [0, 0.1) is 0 Å². The molecular formula is H6AlOSiTaZr. The quantitative estimate of drug-likeness (QED) is 0.443. The van der Waals surface area contributed by atoms with Crippen LogP contribution in [0.25, 0.3) is 0 Å². The molecule has 0 aromatic heterocycles. The van der Waals surface area contributed by atoms with Gasteiger partial charge >= 0.3 is 24.3 Å². The fourth-order valence-corrected chi connectivity index (χ4v) is 0. The molecule has 1 radical (unpaired) electrons. The van der Waals surface area contributed by atoms with Gasteiger partial charge in [-0.25, -0.2) is 0 Å². The molecule has 0 rings (SSSR count). The van der Waals surface area contributed by atoms with E-state index in [-0.39, 0.29) is 75.6 Å². The summed E-state index contributed by atoms with van der Waals surface area (Å²) in [6, 6.07) is 0. The maximum absolute atomic E-state index is 8.36. The van der Waals surface area contributed by atoms with E-state index in [1.165, 1.54) is 0 Å². The van der Waals surface area contributed by atoms with Gasteiger partial charge in [0.15, 0.2) is 17.4 Å². The Kier molecular flexibility index (Phi) is 190. The number of rotatable bonds is 0. The zero-order chi connectivity index (χ0) is 2.00. The van der Waals surface area contributed by atoms with E-state index in [4.69, 9.17) is 3.25 Å². The van der Waals surface area contributed by atoms with Crippen molar-refractivity contribution in [1.29, 1.82) is 0 Å². The first-order chi connectivity index (χ1) is 1.00. The molecule has 0 amide bonds. The summed E-state index contributed by atoms with van der Waals surface area (Å²) >= 11 is 0.194. The molecule has 0 N–H and O–H groups in total. The molecule has 0 saturated heterocycles. The largest absolute Gasteiger partial charge is 0.0125 e. The molecule has 0 aliphatic carbocycles. The molecule has 0 aromatic rings. The van der Waals surface area contributed by atoms with Crippen LogP contribution in [-0.4, -0.2) is 28.3 Å². The second kappa shape index (κ2) is 35.0. The monoisotopic (exact) mass is 348 g/mol. The second-order valence-corrected chi connectivity index (χ2v) is 0. The van der Waals surface area contributed by atoms with Crippen LogP contribution >= 0.6 is 0 Å². The first-order valence-corrected chi connectivity index (χ1v) is 1.49. The third-order valence-corrected chi connectivity index (χ3v) is 0. The Balaban J connectivity index is -0.00000000167.